The van der Waals surface area contributed by atoms with Crippen LogP contribution >= 0.6 is 0 Å². The average Bonchev–Trinajstić information content (AvgIpc) is 2.19. The molecule has 0 heterocycles. The van der Waals surface area contributed by atoms with Gasteiger partial charge >= 0.3 is 0 Å². The first-order chi connectivity index (χ1) is 7.56. The van der Waals surface area contributed by atoms with Gasteiger partial charge in [-0.1, -0.05) is 13.8 Å². The largest absolute Gasteiger partial charge is 0.396 e. The third kappa shape index (κ3) is 10.4. The summed E-state index contributed by atoms with van der Waals surface area (Å²) in [6.45, 7) is 9.92. The van der Waals surface area contributed by atoms with Gasteiger partial charge in [-0.3, -0.25) is 0 Å². The van der Waals surface area contributed by atoms with E-state index >= 15 is 0 Å². The van der Waals surface area contributed by atoms with Gasteiger partial charge in [-0.15, -0.1) is 0 Å². The van der Waals surface area contributed by atoms with E-state index in [4.69, 9.17) is 19.3 Å². The molecule has 0 fully saturated rings. The van der Waals surface area contributed by atoms with Crippen LogP contribution in [0.5, 0.6) is 0 Å². The molecule has 0 spiro atoms. The second-order valence-corrected chi connectivity index (χ2v) is 4.49. The fourth-order valence-electron chi connectivity index (χ4n) is 1.08. The molecule has 0 radical (unpaired) electrons. The van der Waals surface area contributed by atoms with Gasteiger partial charge in [0, 0.05) is 13.2 Å². The first kappa shape index (κ1) is 15.8. The molecule has 98 valence electrons. The van der Waals surface area contributed by atoms with Gasteiger partial charge in [0.1, 0.15) is 0 Å². The molecule has 1 atom stereocenters. The molecule has 1 unspecified atom stereocenters. The SMILES string of the molecule is CC(C)COC(COCCCO)OC(C)C. The van der Waals surface area contributed by atoms with Crippen LogP contribution < -0.4 is 0 Å². The summed E-state index contributed by atoms with van der Waals surface area (Å²) in [5.41, 5.74) is 0. The van der Waals surface area contributed by atoms with Crippen molar-refractivity contribution in [2.24, 2.45) is 5.92 Å². The molecule has 0 saturated heterocycles. The van der Waals surface area contributed by atoms with Gasteiger partial charge in [-0.25, -0.2) is 0 Å². The van der Waals surface area contributed by atoms with Gasteiger partial charge in [-0.05, 0) is 26.2 Å². The van der Waals surface area contributed by atoms with Gasteiger partial charge in [0.2, 0.25) is 0 Å². The van der Waals surface area contributed by atoms with Crippen LogP contribution in [0.4, 0.5) is 0 Å². The Hall–Kier alpha value is -0.160. The lowest BCUT2D eigenvalue weighted by Gasteiger charge is -2.21. The number of ether oxygens (including phenoxy) is 3. The minimum atomic E-state index is -0.305. The molecule has 0 aromatic rings. The molecule has 0 aromatic heterocycles. The lowest BCUT2D eigenvalue weighted by Crippen LogP contribution is -2.28. The Bertz CT molecular complexity index is 148. The highest BCUT2D eigenvalue weighted by Crippen LogP contribution is 2.04. The van der Waals surface area contributed by atoms with Crippen molar-refractivity contribution in [1.82, 2.24) is 0 Å². The van der Waals surface area contributed by atoms with Crippen LogP contribution in [-0.2, 0) is 14.2 Å². The van der Waals surface area contributed by atoms with Crippen molar-refractivity contribution in [3.8, 4) is 0 Å². The van der Waals surface area contributed by atoms with E-state index in [1.807, 2.05) is 13.8 Å². The Morgan fingerprint density at radius 3 is 2.25 bits per heavy atom. The Labute approximate surface area is 98.9 Å². The smallest absolute Gasteiger partial charge is 0.181 e. The second kappa shape index (κ2) is 10.0. The molecule has 4 nitrogen and oxygen atoms in total. The van der Waals surface area contributed by atoms with Gasteiger partial charge in [0.15, 0.2) is 6.29 Å². The summed E-state index contributed by atoms with van der Waals surface area (Å²) < 4.78 is 16.5. The number of hydrogen-bond donors (Lipinski definition) is 1. The summed E-state index contributed by atoms with van der Waals surface area (Å²) in [6, 6.07) is 0. The Balaban J connectivity index is 3.72. The Kier molecular flexibility index (Phi) is 9.92. The molecule has 0 aliphatic rings. The first-order valence-corrected chi connectivity index (χ1v) is 6.02. The number of rotatable bonds is 10. The first-order valence-electron chi connectivity index (χ1n) is 6.02. The molecule has 0 bridgehead atoms. The van der Waals surface area contributed by atoms with E-state index in [0.717, 1.165) is 0 Å². The van der Waals surface area contributed by atoms with Crippen LogP contribution in [0.2, 0.25) is 0 Å². The highest BCUT2D eigenvalue weighted by atomic mass is 16.7. The van der Waals surface area contributed by atoms with Gasteiger partial charge in [-0.2, -0.15) is 0 Å². The Morgan fingerprint density at radius 1 is 1.06 bits per heavy atom. The van der Waals surface area contributed by atoms with E-state index in [2.05, 4.69) is 13.8 Å². The minimum Gasteiger partial charge on any atom is -0.396 e. The van der Waals surface area contributed by atoms with Gasteiger partial charge in [0.05, 0.1) is 19.3 Å². The fourth-order valence-corrected chi connectivity index (χ4v) is 1.08. The van der Waals surface area contributed by atoms with E-state index in [9.17, 15) is 0 Å². The standard InChI is InChI=1S/C12H26O4/c1-10(2)8-15-12(16-11(3)4)9-14-7-5-6-13/h10-13H,5-9H2,1-4H3. The number of aliphatic hydroxyl groups is 1. The molecule has 1 N–H and O–H groups in total. The topological polar surface area (TPSA) is 47.9 Å². The van der Waals surface area contributed by atoms with Crippen molar-refractivity contribution >= 4 is 0 Å². The third-order valence-corrected chi connectivity index (χ3v) is 1.74. The van der Waals surface area contributed by atoms with E-state index in [1.165, 1.54) is 0 Å². The van der Waals surface area contributed by atoms with Crippen molar-refractivity contribution in [2.75, 3.05) is 26.4 Å². The fraction of sp³-hybridized carbons (Fsp3) is 1.00. The van der Waals surface area contributed by atoms with E-state index in [0.29, 0.717) is 32.2 Å². The van der Waals surface area contributed by atoms with E-state index in [-0.39, 0.29) is 19.0 Å². The Morgan fingerprint density at radius 2 is 1.75 bits per heavy atom. The normalized spacial score (nSPS) is 13.7. The maximum Gasteiger partial charge on any atom is 0.181 e. The zero-order chi connectivity index (χ0) is 12.4. The quantitative estimate of drug-likeness (QED) is 0.462. The van der Waals surface area contributed by atoms with Crippen LogP contribution in [0.25, 0.3) is 0 Å². The summed E-state index contributed by atoms with van der Waals surface area (Å²) in [6.07, 6.45) is 0.471. The zero-order valence-electron chi connectivity index (χ0n) is 10.9. The third-order valence-electron chi connectivity index (χ3n) is 1.74. The molecular formula is C12H26O4. The summed E-state index contributed by atoms with van der Waals surface area (Å²) in [5.74, 6) is 0.482. The molecule has 16 heavy (non-hydrogen) atoms. The predicted octanol–water partition coefficient (Wildman–Crippen LogP) is 1.81. The molecule has 0 amide bonds. The molecule has 0 aliphatic heterocycles. The monoisotopic (exact) mass is 234 g/mol. The van der Waals surface area contributed by atoms with Crippen LogP contribution in [0, 0.1) is 5.92 Å². The maximum atomic E-state index is 8.61. The molecule has 0 saturated carbocycles. The highest BCUT2D eigenvalue weighted by molar-refractivity contribution is 4.49. The van der Waals surface area contributed by atoms with E-state index in [1.54, 1.807) is 0 Å². The van der Waals surface area contributed by atoms with Crippen LogP contribution in [0.3, 0.4) is 0 Å². The number of hydrogen-bond acceptors (Lipinski definition) is 4. The van der Waals surface area contributed by atoms with Crippen molar-refractivity contribution in [3.63, 3.8) is 0 Å². The molecule has 0 rings (SSSR count). The van der Waals surface area contributed by atoms with Crippen molar-refractivity contribution in [1.29, 1.82) is 0 Å². The van der Waals surface area contributed by atoms with E-state index < -0.39 is 0 Å². The molecular weight excluding hydrogens is 208 g/mol. The van der Waals surface area contributed by atoms with Crippen molar-refractivity contribution < 1.29 is 19.3 Å². The second-order valence-electron chi connectivity index (χ2n) is 4.49. The number of aliphatic hydroxyl groups excluding tert-OH is 1. The summed E-state index contributed by atoms with van der Waals surface area (Å²) in [5, 5.41) is 8.61. The zero-order valence-corrected chi connectivity index (χ0v) is 10.9. The lowest BCUT2D eigenvalue weighted by molar-refractivity contribution is -0.193. The highest BCUT2D eigenvalue weighted by Gasteiger charge is 2.12. The molecule has 4 heteroatoms. The maximum absolute atomic E-state index is 8.61. The summed E-state index contributed by atoms with van der Waals surface area (Å²) in [4.78, 5) is 0. The van der Waals surface area contributed by atoms with Crippen molar-refractivity contribution in [3.05, 3.63) is 0 Å². The summed E-state index contributed by atoms with van der Waals surface area (Å²) >= 11 is 0. The van der Waals surface area contributed by atoms with Crippen LogP contribution in [-0.4, -0.2) is 43.9 Å². The van der Waals surface area contributed by atoms with Crippen molar-refractivity contribution in [2.45, 2.75) is 46.5 Å². The van der Waals surface area contributed by atoms with Gasteiger partial charge in [0.25, 0.3) is 0 Å². The van der Waals surface area contributed by atoms with Crippen LogP contribution in [0.15, 0.2) is 0 Å². The lowest BCUT2D eigenvalue weighted by atomic mass is 10.2. The molecule has 0 aromatic carbocycles. The minimum absolute atomic E-state index is 0.124. The molecule has 0 aliphatic carbocycles. The average molecular weight is 234 g/mol. The summed E-state index contributed by atoms with van der Waals surface area (Å²) in [7, 11) is 0. The van der Waals surface area contributed by atoms with Crippen LogP contribution in [0.1, 0.15) is 34.1 Å². The predicted molar refractivity (Wildman–Crippen MR) is 63.3 cm³/mol. The van der Waals surface area contributed by atoms with Gasteiger partial charge < -0.3 is 19.3 Å².